The third kappa shape index (κ3) is 16.8. The number of primary amides is 1. The summed E-state index contributed by atoms with van der Waals surface area (Å²) in [7, 11) is 0. The van der Waals surface area contributed by atoms with Gasteiger partial charge in [0.15, 0.2) is 0 Å². The number of carbonyl (C=O) groups excluding carboxylic acids is 2. The second kappa shape index (κ2) is 15.8. The van der Waals surface area contributed by atoms with Gasteiger partial charge >= 0.3 is 0 Å². The molecule has 0 aliphatic rings. The van der Waals surface area contributed by atoms with Gasteiger partial charge < -0.3 is 30.0 Å². The summed E-state index contributed by atoms with van der Waals surface area (Å²) in [6, 6.07) is 0. The Bertz CT molecular complexity index is 240. The molecular formula is C12H24N2O6. The zero-order valence-electron chi connectivity index (χ0n) is 11.7. The van der Waals surface area contributed by atoms with Crippen LogP contribution < -0.4 is 11.1 Å². The smallest absolute Gasteiger partial charge is 0.219 e. The molecule has 8 nitrogen and oxygen atoms in total. The van der Waals surface area contributed by atoms with Gasteiger partial charge in [0.1, 0.15) is 0 Å². The minimum atomic E-state index is -0.372. The summed E-state index contributed by atoms with van der Waals surface area (Å²) in [6.45, 7) is 4.12. The van der Waals surface area contributed by atoms with Crippen molar-refractivity contribution in [1.29, 1.82) is 0 Å². The van der Waals surface area contributed by atoms with E-state index in [-0.39, 0.29) is 12.3 Å². The van der Waals surface area contributed by atoms with E-state index in [4.69, 9.17) is 24.7 Å². The first-order chi connectivity index (χ1) is 9.77. The minimum absolute atomic E-state index is 0.228. The predicted octanol–water partition coefficient (Wildman–Crippen LogP) is -1.33. The lowest BCUT2D eigenvalue weighted by Gasteiger charge is -2.07. The lowest BCUT2D eigenvalue weighted by Crippen LogP contribution is -2.19. The van der Waals surface area contributed by atoms with Crippen LogP contribution in [0.15, 0.2) is 0 Å². The van der Waals surface area contributed by atoms with Gasteiger partial charge in [-0.25, -0.2) is 0 Å². The van der Waals surface area contributed by atoms with E-state index in [0.717, 1.165) is 0 Å². The molecule has 0 saturated heterocycles. The molecule has 0 saturated carbocycles. The van der Waals surface area contributed by atoms with Gasteiger partial charge in [0.05, 0.1) is 52.9 Å². The molecule has 0 bridgehead atoms. The number of hydrogen-bond donors (Lipinski definition) is 2. The predicted molar refractivity (Wildman–Crippen MR) is 71.2 cm³/mol. The molecule has 0 spiro atoms. The van der Waals surface area contributed by atoms with Gasteiger partial charge in [-0.05, 0) is 0 Å². The van der Waals surface area contributed by atoms with Crippen LogP contribution in [0.4, 0.5) is 0 Å². The highest BCUT2D eigenvalue weighted by atomic mass is 16.6. The fourth-order valence-corrected chi connectivity index (χ4v) is 1.12. The zero-order chi connectivity index (χ0) is 14.9. The Balaban J connectivity index is 2.95. The molecular weight excluding hydrogens is 268 g/mol. The summed E-state index contributed by atoms with van der Waals surface area (Å²) in [5, 5.41) is 2.49. The maximum absolute atomic E-state index is 10.4. The van der Waals surface area contributed by atoms with Crippen molar-refractivity contribution in [2.24, 2.45) is 5.73 Å². The zero-order valence-corrected chi connectivity index (χ0v) is 11.7. The maximum Gasteiger partial charge on any atom is 0.219 e. The normalized spacial score (nSPS) is 10.4. The molecule has 0 heterocycles. The second-order valence-corrected chi connectivity index (χ2v) is 3.74. The molecule has 0 radical (unpaired) electrons. The van der Waals surface area contributed by atoms with E-state index in [1.807, 2.05) is 0 Å². The van der Waals surface area contributed by atoms with E-state index < -0.39 is 0 Å². The highest BCUT2D eigenvalue weighted by Gasteiger charge is 1.95. The van der Waals surface area contributed by atoms with Crippen LogP contribution in [0.5, 0.6) is 0 Å². The Morgan fingerprint density at radius 3 is 1.75 bits per heavy atom. The van der Waals surface area contributed by atoms with Gasteiger partial charge in [0.2, 0.25) is 12.3 Å². The third-order valence-electron chi connectivity index (χ3n) is 2.08. The van der Waals surface area contributed by atoms with Gasteiger partial charge in [-0.1, -0.05) is 0 Å². The Morgan fingerprint density at radius 1 is 0.850 bits per heavy atom. The van der Waals surface area contributed by atoms with E-state index in [2.05, 4.69) is 5.32 Å². The van der Waals surface area contributed by atoms with Crippen molar-refractivity contribution in [3.8, 4) is 0 Å². The highest BCUT2D eigenvalue weighted by molar-refractivity contribution is 5.73. The first-order valence-electron chi connectivity index (χ1n) is 6.53. The molecule has 0 unspecified atom stereocenters. The van der Waals surface area contributed by atoms with Crippen LogP contribution in [0.3, 0.4) is 0 Å². The monoisotopic (exact) mass is 292 g/mol. The van der Waals surface area contributed by atoms with Crippen molar-refractivity contribution in [3.05, 3.63) is 0 Å². The number of rotatable bonds is 16. The largest absolute Gasteiger partial charge is 0.379 e. The first kappa shape index (κ1) is 18.8. The van der Waals surface area contributed by atoms with Crippen molar-refractivity contribution < 1.29 is 28.5 Å². The molecule has 0 aromatic rings. The quantitative estimate of drug-likeness (QED) is 0.270. The number of carbonyl (C=O) groups is 2. The first-order valence-corrected chi connectivity index (χ1v) is 6.53. The molecule has 8 heteroatoms. The standard InChI is InChI=1S/C12H24N2O6/c13-12(16)1-3-17-5-7-19-9-10-20-8-6-18-4-2-14-11-15/h11H,1-10H2,(H2,13,16)(H,14,15). The van der Waals surface area contributed by atoms with Crippen molar-refractivity contribution >= 4 is 12.3 Å². The number of hydrogen-bond acceptors (Lipinski definition) is 6. The van der Waals surface area contributed by atoms with E-state index in [9.17, 15) is 9.59 Å². The van der Waals surface area contributed by atoms with E-state index in [0.29, 0.717) is 65.8 Å². The Kier molecular flexibility index (Phi) is 14.9. The Labute approximate surface area is 118 Å². The van der Waals surface area contributed by atoms with Crippen LogP contribution >= 0.6 is 0 Å². The van der Waals surface area contributed by atoms with Crippen molar-refractivity contribution in [2.45, 2.75) is 6.42 Å². The van der Waals surface area contributed by atoms with E-state index in [1.165, 1.54) is 0 Å². The van der Waals surface area contributed by atoms with Gasteiger partial charge in [-0.15, -0.1) is 0 Å². The van der Waals surface area contributed by atoms with Crippen LogP contribution in [0.25, 0.3) is 0 Å². The highest BCUT2D eigenvalue weighted by Crippen LogP contribution is 1.84. The molecule has 0 rings (SSSR count). The van der Waals surface area contributed by atoms with Crippen LogP contribution in [0.2, 0.25) is 0 Å². The second-order valence-electron chi connectivity index (χ2n) is 3.74. The molecule has 118 valence electrons. The fourth-order valence-electron chi connectivity index (χ4n) is 1.12. The molecule has 3 N–H and O–H groups in total. The van der Waals surface area contributed by atoms with Crippen molar-refractivity contribution in [1.82, 2.24) is 5.32 Å². The lowest BCUT2D eigenvalue weighted by atomic mass is 10.4. The molecule has 0 aliphatic heterocycles. The summed E-state index contributed by atoms with van der Waals surface area (Å²) in [4.78, 5) is 20.3. The fraction of sp³-hybridized carbons (Fsp3) is 0.833. The van der Waals surface area contributed by atoms with E-state index in [1.54, 1.807) is 0 Å². The number of amides is 2. The minimum Gasteiger partial charge on any atom is -0.379 e. The van der Waals surface area contributed by atoms with Crippen molar-refractivity contribution in [3.63, 3.8) is 0 Å². The van der Waals surface area contributed by atoms with Crippen LogP contribution in [0.1, 0.15) is 6.42 Å². The Hall–Kier alpha value is -1.22. The molecule has 0 aromatic heterocycles. The molecule has 0 aromatic carbocycles. The van der Waals surface area contributed by atoms with Crippen LogP contribution in [-0.4, -0.2) is 71.7 Å². The molecule has 0 fully saturated rings. The number of ether oxygens (including phenoxy) is 4. The van der Waals surface area contributed by atoms with Gasteiger partial charge in [0, 0.05) is 13.0 Å². The third-order valence-corrected chi connectivity index (χ3v) is 2.08. The topological polar surface area (TPSA) is 109 Å². The van der Waals surface area contributed by atoms with Gasteiger partial charge in [-0.3, -0.25) is 9.59 Å². The lowest BCUT2D eigenvalue weighted by molar-refractivity contribution is -0.119. The van der Waals surface area contributed by atoms with Crippen molar-refractivity contribution in [2.75, 3.05) is 59.4 Å². The van der Waals surface area contributed by atoms with Crippen LogP contribution in [-0.2, 0) is 28.5 Å². The molecule has 2 amide bonds. The SMILES string of the molecule is NC(=O)CCOCCOCCOCCOCCNC=O. The van der Waals surface area contributed by atoms with E-state index >= 15 is 0 Å². The Morgan fingerprint density at radius 2 is 1.30 bits per heavy atom. The van der Waals surface area contributed by atoms with Crippen LogP contribution in [0, 0.1) is 0 Å². The molecule has 0 atom stereocenters. The average Bonchev–Trinajstić information content (AvgIpc) is 2.43. The summed E-state index contributed by atoms with van der Waals surface area (Å²) in [5.41, 5.74) is 4.95. The molecule has 20 heavy (non-hydrogen) atoms. The number of nitrogens with one attached hydrogen (secondary N) is 1. The maximum atomic E-state index is 10.4. The van der Waals surface area contributed by atoms with Gasteiger partial charge in [-0.2, -0.15) is 0 Å². The summed E-state index contributed by atoms with van der Waals surface area (Å²) in [5.74, 6) is -0.372. The summed E-state index contributed by atoms with van der Waals surface area (Å²) < 4.78 is 20.8. The summed E-state index contributed by atoms with van der Waals surface area (Å²) in [6.07, 6.45) is 0.861. The summed E-state index contributed by atoms with van der Waals surface area (Å²) >= 11 is 0. The molecule has 0 aliphatic carbocycles. The average molecular weight is 292 g/mol. The van der Waals surface area contributed by atoms with Gasteiger partial charge in [0.25, 0.3) is 0 Å². The number of nitrogens with two attached hydrogens (primary N) is 1.